The van der Waals surface area contributed by atoms with Gasteiger partial charge in [0.1, 0.15) is 5.69 Å². The summed E-state index contributed by atoms with van der Waals surface area (Å²) in [6.45, 7) is 5.91. The maximum absolute atomic E-state index is 12.0. The lowest BCUT2D eigenvalue weighted by atomic mass is 10.1. The molecule has 1 aliphatic rings. The smallest absolute Gasteiger partial charge is 0.272 e. The third-order valence-corrected chi connectivity index (χ3v) is 2.62. The van der Waals surface area contributed by atoms with Gasteiger partial charge in [-0.05, 0) is 19.9 Å². The van der Waals surface area contributed by atoms with Crippen molar-refractivity contribution in [3.05, 3.63) is 17.5 Å². The van der Waals surface area contributed by atoms with Crippen molar-refractivity contribution in [1.82, 2.24) is 14.7 Å². The number of hydrogen-bond acceptors (Lipinski definition) is 3. The molecule has 1 aliphatic heterocycles. The average molecular weight is 208 g/mol. The molecule has 15 heavy (non-hydrogen) atoms. The lowest BCUT2D eigenvalue weighted by Crippen LogP contribution is -2.58. The van der Waals surface area contributed by atoms with Crippen LogP contribution in [0.1, 0.15) is 23.1 Å². The Morgan fingerprint density at radius 1 is 1.67 bits per heavy atom. The second-order valence-corrected chi connectivity index (χ2v) is 3.96. The van der Waals surface area contributed by atoms with Crippen LogP contribution in [0.4, 0.5) is 0 Å². The topological polar surface area (TPSA) is 64.2 Å². The Balaban J connectivity index is 2.17. The number of aryl methyl sites for hydroxylation is 2. The Labute approximate surface area is 88.8 Å². The molecule has 5 nitrogen and oxygen atoms in total. The van der Waals surface area contributed by atoms with Gasteiger partial charge in [0, 0.05) is 25.7 Å². The van der Waals surface area contributed by atoms with E-state index in [2.05, 4.69) is 5.10 Å². The van der Waals surface area contributed by atoms with Crippen LogP contribution in [-0.2, 0) is 6.54 Å². The summed E-state index contributed by atoms with van der Waals surface area (Å²) in [7, 11) is 0. The predicted molar refractivity (Wildman–Crippen MR) is 56.5 cm³/mol. The summed E-state index contributed by atoms with van der Waals surface area (Å²) in [5, 5.41) is 4.25. The summed E-state index contributed by atoms with van der Waals surface area (Å²) in [4.78, 5) is 13.7. The molecule has 0 unspecified atom stereocenters. The Morgan fingerprint density at radius 2 is 2.33 bits per heavy atom. The first-order valence-corrected chi connectivity index (χ1v) is 5.21. The number of hydrogen-bond donors (Lipinski definition) is 1. The highest BCUT2D eigenvalue weighted by Crippen LogP contribution is 2.13. The highest BCUT2D eigenvalue weighted by Gasteiger charge is 2.30. The third kappa shape index (κ3) is 1.74. The molecule has 2 N–H and O–H groups in total. The number of aromatic nitrogens is 2. The molecule has 0 saturated carbocycles. The van der Waals surface area contributed by atoms with Crippen molar-refractivity contribution < 1.29 is 4.79 Å². The van der Waals surface area contributed by atoms with E-state index in [1.807, 2.05) is 19.9 Å². The van der Waals surface area contributed by atoms with Crippen molar-refractivity contribution in [1.29, 1.82) is 0 Å². The normalized spacial score (nSPS) is 16.6. The van der Waals surface area contributed by atoms with Gasteiger partial charge in [-0.25, -0.2) is 0 Å². The summed E-state index contributed by atoms with van der Waals surface area (Å²) in [6, 6.07) is 1.98. The maximum atomic E-state index is 12.0. The minimum absolute atomic E-state index is 0.0409. The predicted octanol–water partition coefficient (Wildman–Crippen LogP) is -0.00548. The fourth-order valence-corrected chi connectivity index (χ4v) is 1.80. The van der Waals surface area contributed by atoms with E-state index in [4.69, 9.17) is 5.73 Å². The molecule has 1 fully saturated rings. The third-order valence-electron chi connectivity index (χ3n) is 2.62. The molecule has 0 spiro atoms. The summed E-state index contributed by atoms with van der Waals surface area (Å²) in [5.41, 5.74) is 7.19. The number of likely N-dealkylation sites (tertiary alicyclic amines) is 1. The van der Waals surface area contributed by atoms with E-state index >= 15 is 0 Å². The molecule has 1 saturated heterocycles. The molecule has 0 aliphatic carbocycles. The Bertz CT molecular complexity index is 379. The fourth-order valence-electron chi connectivity index (χ4n) is 1.80. The van der Waals surface area contributed by atoms with Crippen molar-refractivity contribution in [2.45, 2.75) is 26.4 Å². The van der Waals surface area contributed by atoms with Gasteiger partial charge in [0.25, 0.3) is 5.91 Å². The van der Waals surface area contributed by atoms with Crippen LogP contribution >= 0.6 is 0 Å². The second-order valence-electron chi connectivity index (χ2n) is 3.96. The van der Waals surface area contributed by atoms with Crippen LogP contribution in [0, 0.1) is 6.92 Å². The van der Waals surface area contributed by atoms with E-state index in [-0.39, 0.29) is 11.9 Å². The minimum Gasteiger partial charge on any atom is -0.334 e. The van der Waals surface area contributed by atoms with Gasteiger partial charge < -0.3 is 10.6 Å². The van der Waals surface area contributed by atoms with Crippen LogP contribution < -0.4 is 5.73 Å². The van der Waals surface area contributed by atoms with Crippen molar-refractivity contribution in [2.75, 3.05) is 13.1 Å². The van der Waals surface area contributed by atoms with E-state index in [0.29, 0.717) is 18.8 Å². The molecule has 0 aromatic carbocycles. The van der Waals surface area contributed by atoms with Gasteiger partial charge in [0.05, 0.1) is 5.69 Å². The largest absolute Gasteiger partial charge is 0.334 e. The quantitative estimate of drug-likeness (QED) is 0.743. The first-order chi connectivity index (χ1) is 7.11. The number of carbonyl (C=O) groups excluding carboxylic acids is 1. The Hall–Kier alpha value is -1.36. The molecule has 0 bridgehead atoms. The molecule has 1 aromatic heterocycles. The molecule has 0 atom stereocenters. The van der Waals surface area contributed by atoms with Crippen molar-refractivity contribution in [2.24, 2.45) is 5.73 Å². The van der Waals surface area contributed by atoms with Crippen LogP contribution in [0.5, 0.6) is 0 Å². The van der Waals surface area contributed by atoms with Gasteiger partial charge in [-0.2, -0.15) is 5.10 Å². The summed E-state index contributed by atoms with van der Waals surface area (Å²) >= 11 is 0. The highest BCUT2D eigenvalue weighted by atomic mass is 16.2. The fraction of sp³-hybridized carbons (Fsp3) is 0.600. The van der Waals surface area contributed by atoms with Crippen molar-refractivity contribution in [3.8, 4) is 0 Å². The Morgan fingerprint density at radius 3 is 2.87 bits per heavy atom. The second kappa shape index (κ2) is 3.66. The van der Waals surface area contributed by atoms with E-state index in [9.17, 15) is 4.79 Å². The number of rotatable bonds is 2. The lowest BCUT2D eigenvalue weighted by molar-refractivity contribution is 0.0595. The van der Waals surface area contributed by atoms with Gasteiger partial charge in [-0.1, -0.05) is 0 Å². The molecular weight excluding hydrogens is 192 g/mol. The van der Waals surface area contributed by atoms with Crippen LogP contribution in [-0.4, -0.2) is 39.7 Å². The molecule has 2 heterocycles. The summed E-state index contributed by atoms with van der Waals surface area (Å²) in [6.07, 6.45) is 0. The maximum Gasteiger partial charge on any atom is 0.272 e. The van der Waals surface area contributed by atoms with Gasteiger partial charge in [0.2, 0.25) is 0 Å². The van der Waals surface area contributed by atoms with Crippen molar-refractivity contribution >= 4 is 5.91 Å². The number of amides is 1. The van der Waals surface area contributed by atoms with Gasteiger partial charge in [0.15, 0.2) is 0 Å². The standard InChI is InChI=1S/C10H16N4O/c1-3-14-9(4-7(2)12-14)10(15)13-5-8(11)6-13/h4,8H,3,5-6,11H2,1-2H3. The SMILES string of the molecule is CCn1nc(C)cc1C(=O)N1CC(N)C1. The molecule has 1 aromatic rings. The van der Waals surface area contributed by atoms with Crippen LogP contribution in [0.3, 0.4) is 0 Å². The van der Waals surface area contributed by atoms with Crippen molar-refractivity contribution in [3.63, 3.8) is 0 Å². The number of nitrogens with two attached hydrogens (primary N) is 1. The van der Waals surface area contributed by atoms with E-state index in [1.54, 1.807) is 9.58 Å². The van der Waals surface area contributed by atoms with Crippen LogP contribution in [0.15, 0.2) is 6.07 Å². The number of nitrogens with zero attached hydrogens (tertiary/aromatic N) is 3. The Kier molecular flexibility index (Phi) is 2.48. The zero-order chi connectivity index (χ0) is 11.0. The molecule has 5 heteroatoms. The summed E-state index contributed by atoms with van der Waals surface area (Å²) in [5.74, 6) is 0.0409. The minimum atomic E-state index is 0.0409. The first-order valence-electron chi connectivity index (χ1n) is 5.21. The van der Waals surface area contributed by atoms with Gasteiger partial charge >= 0.3 is 0 Å². The zero-order valence-corrected chi connectivity index (χ0v) is 9.10. The van der Waals surface area contributed by atoms with E-state index in [0.717, 1.165) is 12.2 Å². The van der Waals surface area contributed by atoms with E-state index in [1.165, 1.54) is 0 Å². The summed E-state index contributed by atoms with van der Waals surface area (Å²) < 4.78 is 1.74. The molecule has 82 valence electrons. The van der Waals surface area contributed by atoms with Gasteiger partial charge in [-0.15, -0.1) is 0 Å². The zero-order valence-electron chi connectivity index (χ0n) is 9.10. The highest BCUT2D eigenvalue weighted by molar-refractivity contribution is 5.93. The molecule has 0 radical (unpaired) electrons. The van der Waals surface area contributed by atoms with Crippen LogP contribution in [0.25, 0.3) is 0 Å². The monoisotopic (exact) mass is 208 g/mol. The molecule has 1 amide bonds. The molecular formula is C10H16N4O. The lowest BCUT2D eigenvalue weighted by Gasteiger charge is -2.36. The number of carbonyl (C=O) groups is 1. The first kappa shape index (κ1) is 10.2. The molecule has 2 rings (SSSR count). The van der Waals surface area contributed by atoms with Gasteiger partial charge in [-0.3, -0.25) is 9.48 Å². The van der Waals surface area contributed by atoms with E-state index < -0.39 is 0 Å². The van der Waals surface area contributed by atoms with Crippen LogP contribution in [0.2, 0.25) is 0 Å². The average Bonchev–Trinajstić information content (AvgIpc) is 2.53.